The Labute approximate surface area is 108 Å². The Morgan fingerprint density at radius 2 is 1.78 bits per heavy atom. The third-order valence-electron chi connectivity index (χ3n) is 2.43. The molecule has 0 aliphatic heterocycles. The van der Waals surface area contributed by atoms with Crippen LogP contribution in [-0.2, 0) is 19.1 Å². The highest BCUT2D eigenvalue weighted by Gasteiger charge is 2.23. The number of amides is 1. The molecule has 0 aliphatic carbocycles. The summed E-state index contributed by atoms with van der Waals surface area (Å²) < 4.78 is 9.59. The Balaban J connectivity index is 4.11. The summed E-state index contributed by atoms with van der Waals surface area (Å²) in [4.78, 5) is 23.0. The average Bonchev–Trinajstić information content (AvgIpc) is 2.28. The summed E-state index contributed by atoms with van der Waals surface area (Å²) in [5.41, 5.74) is 0. The number of methoxy groups -OCH3 is 2. The zero-order valence-electron chi connectivity index (χ0n) is 11.8. The van der Waals surface area contributed by atoms with Crippen molar-refractivity contribution in [3.05, 3.63) is 0 Å². The van der Waals surface area contributed by atoms with Gasteiger partial charge in [-0.15, -0.1) is 0 Å². The van der Waals surface area contributed by atoms with E-state index in [1.165, 1.54) is 7.11 Å². The summed E-state index contributed by atoms with van der Waals surface area (Å²) in [6, 6.07) is -0.529. The molecule has 0 aromatic rings. The standard InChI is InChI=1S/C12H24N2O4/c1-8(2)11(12(16)18-5)13-6-10(15)14-9(3)7-17-4/h8-9,11,13H,6-7H2,1-5H3,(H,14,15). The molecule has 0 saturated carbocycles. The molecule has 0 aromatic carbocycles. The van der Waals surface area contributed by atoms with Gasteiger partial charge in [0.2, 0.25) is 5.91 Å². The molecule has 0 saturated heterocycles. The van der Waals surface area contributed by atoms with Gasteiger partial charge in [0.25, 0.3) is 0 Å². The number of hydrogen-bond donors (Lipinski definition) is 2. The van der Waals surface area contributed by atoms with E-state index in [1.54, 1.807) is 7.11 Å². The minimum Gasteiger partial charge on any atom is -0.468 e. The monoisotopic (exact) mass is 260 g/mol. The van der Waals surface area contributed by atoms with Gasteiger partial charge >= 0.3 is 5.97 Å². The third kappa shape index (κ3) is 6.56. The van der Waals surface area contributed by atoms with Gasteiger partial charge in [0.05, 0.1) is 20.3 Å². The Morgan fingerprint density at radius 3 is 2.22 bits per heavy atom. The first-order chi connectivity index (χ1) is 8.42. The maximum Gasteiger partial charge on any atom is 0.323 e. The molecule has 2 atom stereocenters. The van der Waals surface area contributed by atoms with Crippen molar-refractivity contribution < 1.29 is 19.1 Å². The molecule has 0 radical (unpaired) electrons. The zero-order valence-corrected chi connectivity index (χ0v) is 11.8. The predicted octanol–water partition coefficient (Wildman–Crippen LogP) is -0.0753. The molecule has 0 bridgehead atoms. The van der Waals surface area contributed by atoms with E-state index in [0.717, 1.165) is 0 Å². The van der Waals surface area contributed by atoms with Crippen LogP contribution in [0, 0.1) is 5.92 Å². The maximum atomic E-state index is 11.6. The largest absolute Gasteiger partial charge is 0.468 e. The molecular formula is C12H24N2O4. The van der Waals surface area contributed by atoms with Gasteiger partial charge in [-0.2, -0.15) is 0 Å². The number of ether oxygens (including phenoxy) is 2. The molecule has 0 fully saturated rings. The molecule has 1 amide bonds. The van der Waals surface area contributed by atoms with Gasteiger partial charge < -0.3 is 14.8 Å². The second-order valence-electron chi connectivity index (χ2n) is 4.55. The third-order valence-corrected chi connectivity index (χ3v) is 2.43. The van der Waals surface area contributed by atoms with Crippen molar-refractivity contribution in [3.63, 3.8) is 0 Å². The Kier molecular flexibility index (Phi) is 8.32. The van der Waals surface area contributed by atoms with Gasteiger partial charge in [-0.05, 0) is 12.8 Å². The fourth-order valence-electron chi connectivity index (χ4n) is 1.54. The van der Waals surface area contributed by atoms with Crippen LogP contribution in [0.4, 0.5) is 0 Å². The van der Waals surface area contributed by atoms with Gasteiger partial charge in [0, 0.05) is 13.2 Å². The SMILES string of the molecule is COCC(C)NC(=O)CNC(C(=O)OC)C(C)C. The molecule has 106 valence electrons. The predicted molar refractivity (Wildman–Crippen MR) is 68.1 cm³/mol. The lowest BCUT2D eigenvalue weighted by molar-refractivity contribution is -0.144. The van der Waals surface area contributed by atoms with Crippen molar-refractivity contribution >= 4 is 11.9 Å². The molecule has 0 heterocycles. The molecule has 0 rings (SSSR count). The molecule has 2 N–H and O–H groups in total. The molecule has 0 aromatic heterocycles. The van der Waals surface area contributed by atoms with Crippen LogP contribution in [0.3, 0.4) is 0 Å². The summed E-state index contributed by atoms with van der Waals surface area (Å²) >= 11 is 0. The van der Waals surface area contributed by atoms with E-state index in [-0.39, 0.29) is 30.4 Å². The van der Waals surface area contributed by atoms with Crippen molar-refractivity contribution in [1.82, 2.24) is 10.6 Å². The second kappa shape index (κ2) is 8.88. The Morgan fingerprint density at radius 1 is 1.17 bits per heavy atom. The highest BCUT2D eigenvalue weighted by Crippen LogP contribution is 2.02. The fraction of sp³-hybridized carbons (Fsp3) is 0.833. The highest BCUT2D eigenvalue weighted by molar-refractivity contribution is 5.80. The van der Waals surface area contributed by atoms with E-state index in [1.807, 2.05) is 20.8 Å². The summed E-state index contributed by atoms with van der Waals surface area (Å²) in [6.07, 6.45) is 0. The first-order valence-corrected chi connectivity index (χ1v) is 6.01. The van der Waals surface area contributed by atoms with Crippen LogP contribution in [0.25, 0.3) is 0 Å². The van der Waals surface area contributed by atoms with E-state index in [9.17, 15) is 9.59 Å². The molecule has 6 nitrogen and oxygen atoms in total. The molecule has 0 aliphatic rings. The lowest BCUT2D eigenvalue weighted by Gasteiger charge is -2.20. The molecule has 6 heteroatoms. The number of carbonyl (C=O) groups excluding carboxylic acids is 2. The van der Waals surface area contributed by atoms with Crippen LogP contribution in [0.5, 0.6) is 0 Å². The van der Waals surface area contributed by atoms with Crippen LogP contribution in [0.2, 0.25) is 0 Å². The minimum absolute atomic E-state index is 0.0556. The second-order valence-corrected chi connectivity index (χ2v) is 4.55. The van der Waals surface area contributed by atoms with Gasteiger partial charge in [0.1, 0.15) is 6.04 Å². The fourth-order valence-corrected chi connectivity index (χ4v) is 1.54. The zero-order chi connectivity index (χ0) is 14.1. The maximum absolute atomic E-state index is 11.6. The number of nitrogens with one attached hydrogen (secondary N) is 2. The number of carbonyl (C=O) groups is 2. The Bertz CT molecular complexity index is 269. The smallest absolute Gasteiger partial charge is 0.323 e. The first kappa shape index (κ1) is 16.9. The lowest BCUT2D eigenvalue weighted by Crippen LogP contribution is -2.48. The van der Waals surface area contributed by atoms with Gasteiger partial charge in [-0.25, -0.2) is 0 Å². The van der Waals surface area contributed by atoms with Crippen molar-refractivity contribution in [2.75, 3.05) is 27.4 Å². The van der Waals surface area contributed by atoms with Crippen LogP contribution < -0.4 is 10.6 Å². The summed E-state index contributed by atoms with van der Waals surface area (Å²) in [7, 11) is 2.91. The molecular weight excluding hydrogens is 236 g/mol. The molecule has 2 unspecified atom stereocenters. The van der Waals surface area contributed by atoms with E-state index >= 15 is 0 Å². The van der Waals surface area contributed by atoms with Crippen molar-refractivity contribution in [2.45, 2.75) is 32.9 Å². The minimum atomic E-state index is -0.474. The van der Waals surface area contributed by atoms with Crippen LogP contribution in [0.1, 0.15) is 20.8 Å². The number of esters is 1. The average molecular weight is 260 g/mol. The van der Waals surface area contributed by atoms with Crippen LogP contribution >= 0.6 is 0 Å². The van der Waals surface area contributed by atoms with E-state index < -0.39 is 6.04 Å². The normalized spacial score (nSPS) is 14.1. The summed E-state index contributed by atoms with van der Waals surface area (Å²) in [5.74, 6) is -0.474. The Hall–Kier alpha value is -1.14. The van der Waals surface area contributed by atoms with E-state index in [4.69, 9.17) is 4.74 Å². The lowest BCUT2D eigenvalue weighted by atomic mass is 10.0. The van der Waals surface area contributed by atoms with Gasteiger partial charge in [-0.3, -0.25) is 14.9 Å². The van der Waals surface area contributed by atoms with Crippen LogP contribution in [0.15, 0.2) is 0 Å². The van der Waals surface area contributed by atoms with Gasteiger partial charge in [0.15, 0.2) is 0 Å². The van der Waals surface area contributed by atoms with Crippen molar-refractivity contribution in [2.24, 2.45) is 5.92 Å². The molecule has 18 heavy (non-hydrogen) atoms. The summed E-state index contributed by atoms with van der Waals surface area (Å²) in [6.45, 7) is 6.16. The van der Waals surface area contributed by atoms with E-state index in [2.05, 4.69) is 15.4 Å². The van der Waals surface area contributed by atoms with Crippen molar-refractivity contribution in [1.29, 1.82) is 0 Å². The number of rotatable bonds is 8. The van der Waals surface area contributed by atoms with Crippen LogP contribution in [-0.4, -0.2) is 51.3 Å². The quantitative estimate of drug-likeness (QED) is 0.597. The number of hydrogen-bond acceptors (Lipinski definition) is 5. The highest BCUT2D eigenvalue weighted by atomic mass is 16.5. The first-order valence-electron chi connectivity index (χ1n) is 6.01. The molecule has 0 spiro atoms. The summed E-state index contributed by atoms with van der Waals surface area (Å²) in [5, 5.41) is 5.64. The van der Waals surface area contributed by atoms with Crippen molar-refractivity contribution in [3.8, 4) is 0 Å². The topological polar surface area (TPSA) is 76.7 Å². The van der Waals surface area contributed by atoms with E-state index in [0.29, 0.717) is 6.61 Å². The van der Waals surface area contributed by atoms with Gasteiger partial charge in [-0.1, -0.05) is 13.8 Å².